The van der Waals surface area contributed by atoms with Crippen LogP contribution in [0.1, 0.15) is 59.9 Å². The van der Waals surface area contributed by atoms with E-state index in [4.69, 9.17) is 0 Å². The first-order valence-corrected chi connectivity index (χ1v) is 11.9. The number of benzene rings is 2. The molecule has 1 saturated heterocycles. The number of carbonyl (C=O) groups excluding carboxylic acids is 4. The lowest BCUT2D eigenvalue weighted by Gasteiger charge is -2.28. The predicted molar refractivity (Wildman–Crippen MR) is 119 cm³/mol. The highest BCUT2D eigenvalue weighted by Crippen LogP contribution is 2.40. The SMILES string of the molecule is CC(C)(C)c1c(NS(=O)(=O)c2ccccc2)ccc2c1C(=O)N(C1CCC(=O)NC1=O)C2=O. The van der Waals surface area contributed by atoms with Crippen LogP contribution < -0.4 is 10.0 Å². The Morgan fingerprint density at radius 3 is 2.24 bits per heavy atom. The van der Waals surface area contributed by atoms with E-state index in [2.05, 4.69) is 10.0 Å². The van der Waals surface area contributed by atoms with Crippen molar-refractivity contribution in [2.75, 3.05) is 4.72 Å². The summed E-state index contributed by atoms with van der Waals surface area (Å²) in [7, 11) is -3.95. The molecule has 0 saturated carbocycles. The molecule has 9 nitrogen and oxygen atoms in total. The summed E-state index contributed by atoms with van der Waals surface area (Å²) in [6, 6.07) is 9.54. The van der Waals surface area contributed by atoms with Gasteiger partial charge in [-0.2, -0.15) is 0 Å². The Labute approximate surface area is 191 Å². The summed E-state index contributed by atoms with van der Waals surface area (Å²) in [6.07, 6.45) is 0.0482. The summed E-state index contributed by atoms with van der Waals surface area (Å²) >= 11 is 0. The van der Waals surface area contributed by atoms with E-state index in [0.717, 1.165) is 4.90 Å². The van der Waals surface area contributed by atoms with Gasteiger partial charge in [0.05, 0.1) is 21.7 Å². The molecule has 10 heteroatoms. The second-order valence-electron chi connectivity index (χ2n) is 9.03. The number of hydrogen-bond acceptors (Lipinski definition) is 6. The molecule has 2 aliphatic heterocycles. The Morgan fingerprint density at radius 1 is 0.970 bits per heavy atom. The van der Waals surface area contributed by atoms with Gasteiger partial charge in [-0.1, -0.05) is 39.0 Å². The zero-order chi connectivity index (χ0) is 24.1. The van der Waals surface area contributed by atoms with Crippen LogP contribution in [-0.4, -0.2) is 43.0 Å². The Kier molecular flexibility index (Phi) is 5.36. The van der Waals surface area contributed by atoms with Crippen LogP contribution in [0.3, 0.4) is 0 Å². The zero-order valence-electron chi connectivity index (χ0n) is 18.3. The van der Waals surface area contributed by atoms with Crippen molar-refractivity contribution >= 4 is 39.3 Å². The topological polar surface area (TPSA) is 130 Å². The molecule has 2 N–H and O–H groups in total. The summed E-state index contributed by atoms with van der Waals surface area (Å²) in [6.45, 7) is 5.40. The van der Waals surface area contributed by atoms with Gasteiger partial charge >= 0.3 is 0 Å². The Morgan fingerprint density at radius 2 is 1.64 bits per heavy atom. The molecule has 0 bridgehead atoms. The van der Waals surface area contributed by atoms with Gasteiger partial charge in [-0.3, -0.25) is 34.1 Å². The van der Waals surface area contributed by atoms with Crippen molar-refractivity contribution in [3.05, 3.63) is 59.2 Å². The van der Waals surface area contributed by atoms with E-state index in [0.29, 0.717) is 5.56 Å². The molecule has 1 atom stereocenters. The van der Waals surface area contributed by atoms with E-state index in [9.17, 15) is 27.6 Å². The highest BCUT2D eigenvalue weighted by Gasteiger charge is 2.47. The maximum Gasteiger partial charge on any atom is 0.262 e. The van der Waals surface area contributed by atoms with Crippen molar-refractivity contribution in [3.8, 4) is 0 Å². The molecular formula is C23H23N3O6S. The van der Waals surface area contributed by atoms with Crippen LogP contribution in [0.15, 0.2) is 47.4 Å². The molecule has 0 aromatic heterocycles. The lowest BCUT2D eigenvalue weighted by molar-refractivity contribution is -0.136. The lowest BCUT2D eigenvalue weighted by atomic mass is 9.81. The van der Waals surface area contributed by atoms with Gasteiger partial charge in [-0.25, -0.2) is 8.42 Å². The van der Waals surface area contributed by atoms with Crippen molar-refractivity contribution in [2.45, 2.75) is 50.0 Å². The van der Waals surface area contributed by atoms with Gasteiger partial charge in [0.25, 0.3) is 21.8 Å². The van der Waals surface area contributed by atoms with Crippen molar-refractivity contribution < 1.29 is 27.6 Å². The number of fused-ring (bicyclic) bond motifs is 1. The average molecular weight is 470 g/mol. The fourth-order valence-electron chi connectivity index (χ4n) is 4.22. The number of sulfonamides is 1. The number of hydrogen-bond donors (Lipinski definition) is 2. The number of carbonyl (C=O) groups is 4. The normalized spacial score (nSPS) is 18.9. The molecule has 1 fully saturated rings. The zero-order valence-corrected chi connectivity index (χ0v) is 19.2. The molecule has 1 unspecified atom stereocenters. The van der Waals surface area contributed by atoms with E-state index in [1.807, 2.05) is 0 Å². The third-order valence-electron chi connectivity index (χ3n) is 5.66. The number of anilines is 1. The lowest BCUT2D eigenvalue weighted by Crippen LogP contribution is -2.54. The largest absolute Gasteiger partial charge is 0.295 e. The fraction of sp³-hybridized carbons (Fsp3) is 0.304. The number of nitrogens with zero attached hydrogens (tertiary/aromatic N) is 1. The minimum atomic E-state index is -3.95. The minimum absolute atomic E-state index is 0.0120. The maximum atomic E-state index is 13.5. The first-order chi connectivity index (χ1) is 15.4. The van der Waals surface area contributed by atoms with Crippen LogP contribution in [0, 0.1) is 0 Å². The highest BCUT2D eigenvalue weighted by molar-refractivity contribution is 7.92. The molecule has 2 heterocycles. The number of rotatable bonds is 4. The number of amides is 4. The van der Waals surface area contributed by atoms with Gasteiger partial charge < -0.3 is 0 Å². The first-order valence-electron chi connectivity index (χ1n) is 10.4. The monoisotopic (exact) mass is 469 g/mol. The van der Waals surface area contributed by atoms with Crippen LogP contribution in [-0.2, 0) is 25.0 Å². The minimum Gasteiger partial charge on any atom is -0.295 e. The molecular weight excluding hydrogens is 446 g/mol. The third-order valence-corrected chi connectivity index (χ3v) is 7.04. The van der Waals surface area contributed by atoms with E-state index >= 15 is 0 Å². The third kappa shape index (κ3) is 3.91. The van der Waals surface area contributed by atoms with Crippen molar-refractivity contribution in [2.24, 2.45) is 0 Å². The summed E-state index contributed by atoms with van der Waals surface area (Å²) in [5.74, 6) is -2.49. The molecule has 2 aromatic rings. The van der Waals surface area contributed by atoms with Crippen LogP contribution in [0.5, 0.6) is 0 Å². The van der Waals surface area contributed by atoms with E-state index in [-0.39, 0.29) is 34.6 Å². The van der Waals surface area contributed by atoms with Crippen molar-refractivity contribution in [1.29, 1.82) is 0 Å². The second kappa shape index (κ2) is 7.80. The van der Waals surface area contributed by atoms with Gasteiger partial charge in [-0.05, 0) is 41.7 Å². The Balaban J connectivity index is 1.81. The van der Waals surface area contributed by atoms with Gasteiger partial charge in [0.1, 0.15) is 6.04 Å². The number of nitrogens with one attached hydrogen (secondary N) is 2. The molecule has 33 heavy (non-hydrogen) atoms. The molecule has 2 aromatic carbocycles. The summed E-state index contributed by atoms with van der Waals surface area (Å²) in [5.41, 5.74) is -0.0387. The van der Waals surface area contributed by atoms with Crippen molar-refractivity contribution in [3.63, 3.8) is 0 Å². The predicted octanol–water partition coefficient (Wildman–Crippen LogP) is 2.19. The van der Waals surface area contributed by atoms with Crippen molar-refractivity contribution in [1.82, 2.24) is 10.2 Å². The Bertz CT molecular complexity index is 1300. The standard InChI is InChI=1S/C23H23N3O6S/c1-23(2,3)19-15(25-33(31,32)13-7-5-4-6-8-13)10-9-14-18(19)22(30)26(21(14)29)16-11-12-17(27)24-20(16)28/h4-10,16,25H,11-12H2,1-3H3,(H,24,27,28). The van der Waals surface area contributed by atoms with Crippen LogP contribution >= 0.6 is 0 Å². The van der Waals surface area contributed by atoms with E-state index < -0.39 is 45.1 Å². The smallest absolute Gasteiger partial charge is 0.262 e. The van der Waals surface area contributed by atoms with E-state index in [1.54, 1.807) is 39.0 Å². The highest BCUT2D eigenvalue weighted by atomic mass is 32.2. The summed E-state index contributed by atoms with van der Waals surface area (Å²) < 4.78 is 28.5. The number of imide groups is 2. The van der Waals surface area contributed by atoms with E-state index in [1.165, 1.54) is 24.3 Å². The molecule has 2 aliphatic rings. The molecule has 0 radical (unpaired) electrons. The maximum absolute atomic E-state index is 13.5. The molecule has 4 amide bonds. The average Bonchev–Trinajstić information content (AvgIpc) is 2.98. The molecule has 0 aliphatic carbocycles. The van der Waals surface area contributed by atoms with Gasteiger partial charge in [0.15, 0.2) is 0 Å². The first kappa shape index (κ1) is 22.7. The Hall–Kier alpha value is -3.53. The van der Waals surface area contributed by atoms with Gasteiger partial charge in [0, 0.05) is 6.42 Å². The van der Waals surface area contributed by atoms with Gasteiger partial charge in [0.2, 0.25) is 11.8 Å². The quantitative estimate of drug-likeness (QED) is 0.661. The van der Waals surface area contributed by atoms with Crippen LogP contribution in [0.25, 0.3) is 0 Å². The van der Waals surface area contributed by atoms with Crippen LogP contribution in [0.2, 0.25) is 0 Å². The number of piperidine rings is 1. The second-order valence-corrected chi connectivity index (χ2v) is 10.7. The summed E-state index contributed by atoms with van der Waals surface area (Å²) in [5, 5.41) is 2.16. The fourth-order valence-corrected chi connectivity index (χ4v) is 5.32. The molecule has 4 rings (SSSR count). The van der Waals surface area contributed by atoms with Gasteiger partial charge in [-0.15, -0.1) is 0 Å². The summed E-state index contributed by atoms with van der Waals surface area (Å²) in [4.78, 5) is 51.4. The molecule has 172 valence electrons. The van der Waals surface area contributed by atoms with Crippen LogP contribution in [0.4, 0.5) is 5.69 Å². The molecule has 0 spiro atoms.